The Bertz CT molecular complexity index is 900. The number of hydrogen-bond acceptors (Lipinski definition) is 3. The van der Waals surface area contributed by atoms with Crippen LogP contribution < -0.4 is 4.74 Å². The normalized spacial score (nSPS) is 10.8. The minimum atomic E-state index is -0.0692. The molecule has 1 aromatic heterocycles. The molecule has 0 aliphatic heterocycles. The van der Waals surface area contributed by atoms with E-state index in [0.717, 1.165) is 22.6 Å². The highest BCUT2D eigenvalue weighted by molar-refractivity contribution is 5.91. The van der Waals surface area contributed by atoms with Crippen LogP contribution in [0.3, 0.4) is 0 Å². The molecule has 1 heterocycles. The van der Waals surface area contributed by atoms with Crippen LogP contribution in [0.25, 0.3) is 11.8 Å². The van der Waals surface area contributed by atoms with Crippen molar-refractivity contribution < 1.29 is 9.53 Å². The summed E-state index contributed by atoms with van der Waals surface area (Å²) >= 11 is 0. The monoisotopic (exact) mass is 347 g/mol. The SMILES string of the molecule is COc1cccc(/C=C/C(=O)N(C)Cc2cnn(-c3ccccc3)c2)c1. The Morgan fingerprint density at radius 1 is 1.19 bits per heavy atom. The van der Waals surface area contributed by atoms with Crippen LogP contribution in [0.1, 0.15) is 11.1 Å². The van der Waals surface area contributed by atoms with Crippen LogP contribution in [0.4, 0.5) is 0 Å². The van der Waals surface area contributed by atoms with E-state index in [1.807, 2.05) is 60.8 Å². The van der Waals surface area contributed by atoms with Crippen molar-refractivity contribution in [2.75, 3.05) is 14.2 Å². The predicted octanol–water partition coefficient (Wildman–Crippen LogP) is 3.55. The van der Waals surface area contributed by atoms with Gasteiger partial charge in [0.1, 0.15) is 5.75 Å². The summed E-state index contributed by atoms with van der Waals surface area (Å²) in [6.45, 7) is 0.494. The number of para-hydroxylation sites is 1. The van der Waals surface area contributed by atoms with E-state index in [2.05, 4.69) is 5.10 Å². The summed E-state index contributed by atoms with van der Waals surface area (Å²) in [5.74, 6) is 0.696. The number of carbonyl (C=O) groups is 1. The van der Waals surface area contributed by atoms with Crippen molar-refractivity contribution in [3.8, 4) is 11.4 Å². The first-order chi connectivity index (χ1) is 12.7. The summed E-state index contributed by atoms with van der Waals surface area (Å²) < 4.78 is 6.99. The largest absolute Gasteiger partial charge is 0.497 e. The van der Waals surface area contributed by atoms with Crippen LogP contribution in [0.15, 0.2) is 73.1 Å². The van der Waals surface area contributed by atoms with Crippen molar-refractivity contribution >= 4 is 12.0 Å². The van der Waals surface area contributed by atoms with Crippen LogP contribution in [-0.4, -0.2) is 34.7 Å². The third-order valence-corrected chi connectivity index (χ3v) is 3.96. The number of aromatic nitrogens is 2. The molecule has 0 spiro atoms. The second-order valence-corrected chi connectivity index (χ2v) is 5.93. The first kappa shape index (κ1) is 17.5. The lowest BCUT2D eigenvalue weighted by molar-refractivity contribution is -0.125. The molecule has 0 bridgehead atoms. The summed E-state index contributed by atoms with van der Waals surface area (Å²) in [6, 6.07) is 17.5. The number of benzene rings is 2. The third-order valence-electron chi connectivity index (χ3n) is 3.96. The van der Waals surface area contributed by atoms with Crippen molar-refractivity contribution in [1.29, 1.82) is 0 Å². The Morgan fingerprint density at radius 2 is 2.00 bits per heavy atom. The molecule has 0 fully saturated rings. The molecule has 0 atom stereocenters. The Morgan fingerprint density at radius 3 is 2.77 bits per heavy atom. The number of likely N-dealkylation sites (N-methyl/N-ethyl adjacent to an activating group) is 1. The fourth-order valence-corrected chi connectivity index (χ4v) is 2.56. The molecule has 132 valence electrons. The highest BCUT2D eigenvalue weighted by Gasteiger charge is 2.08. The van der Waals surface area contributed by atoms with Gasteiger partial charge < -0.3 is 9.64 Å². The molecule has 0 saturated carbocycles. The lowest BCUT2D eigenvalue weighted by Gasteiger charge is -2.13. The summed E-state index contributed by atoms with van der Waals surface area (Å²) in [6.07, 6.45) is 7.07. The topological polar surface area (TPSA) is 47.4 Å². The fraction of sp³-hybridized carbons (Fsp3) is 0.143. The average molecular weight is 347 g/mol. The maximum absolute atomic E-state index is 12.3. The molecule has 0 unspecified atom stereocenters. The molecule has 5 nitrogen and oxygen atoms in total. The van der Waals surface area contributed by atoms with Gasteiger partial charge in [-0.1, -0.05) is 30.3 Å². The van der Waals surface area contributed by atoms with Crippen molar-refractivity contribution in [3.63, 3.8) is 0 Å². The summed E-state index contributed by atoms with van der Waals surface area (Å²) in [5.41, 5.74) is 2.88. The van der Waals surface area contributed by atoms with Crippen LogP contribution >= 0.6 is 0 Å². The number of amides is 1. The Hall–Kier alpha value is -3.34. The van der Waals surface area contributed by atoms with Crippen LogP contribution in [0, 0.1) is 0 Å². The van der Waals surface area contributed by atoms with Gasteiger partial charge in [0.05, 0.1) is 19.0 Å². The minimum Gasteiger partial charge on any atom is -0.497 e. The highest BCUT2D eigenvalue weighted by Crippen LogP contribution is 2.14. The average Bonchev–Trinajstić information content (AvgIpc) is 3.15. The van der Waals surface area contributed by atoms with Crippen molar-refractivity contribution in [1.82, 2.24) is 14.7 Å². The molecule has 0 radical (unpaired) electrons. The fourth-order valence-electron chi connectivity index (χ4n) is 2.56. The van der Waals surface area contributed by atoms with Crippen molar-refractivity contribution in [3.05, 3.63) is 84.2 Å². The van der Waals surface area contributed by atoms with Gasteiger partial charge in [0.25, 0.3) is 0 Å². The summed E-state index contributed by atoms with van der Waals surface area (Å²) in [7, 11) is 3.40. The highest BCUT2D eigenvalue weighted by atomic mass is 16.5. The second-order valence-electron chi connectivity index (χ2n) is 5.93. The standard InChI is InChI=1S/C21H21N3O2/c1-23(21(25)12-11-17-7-6-10-20(13-17)26-2)15-18-14-22-24(16-18)19-8-4-3-5-9-19/h3-14,16H,15H2,1-2H3/b12-11+. The lowest BCUT2D eigenvalue weighted by atomic mass is 10.2. The van der Waals surface area contributed by atoms with Gasteiger partial charge >= 0.3 is 0 Å². The van der Waals surface area contributed by atoms with E-state index in [9.17, 15) is 4.79 Å². The van der Waals surface area contributed by atoms with Gasteiger partial charge in [-0.05, 0) is 35.9 Å². The van der Waals surface area contributed by atoms with Gasteiger partial charge in [0.15, 0.2) is 0 Å². The lowest BCUT2D eigenvalue weighted by Crippen LogP contribution is -2.23. The van der Waals surface area contributed by atoms with E-state index in [1.165, 1.54) is 0 Å². The number of ether oxygens (including phenoxy) is 1. The van der Waals surface area contributed by atoms with E-state index in [0.29, 0.717) is 6.54 Å². The van der Waals surface area contributed by atoms with Crippen LogP contribution in [0.5, 0.6) is 5.75 Å². The number of carbonyl (C=O) groups excluding carboxylic acids is 1. The predicted molar refractivity (Wildman–Crippen MR) is 102 cm³/mol. The maximum atomic E-state index is 12.3. The molecule has 0 saturated heterocycles. The maximum Gasteiger partial charge on any atom is 0.246 e. The molecule has 3 rings (SSSR count). The zero-order valence-corrected chi connectivity index (χ0v) is 14.9. The minimum absolute atomic E-state index is 0.0692. The van der Waals surface area contributed by atoms with Gasteiger partial charge in [-0.3, -0.25) is 4.79 Å². The van der Waals surface area contributed by atoms with Gasteiger partial charge in [0.2, 0.25) is 5.91 Å². The zero-order valence-electron chi connectivity index (χ0n) is 14.9. The Balaban J connectivity index is 1.62. The number of hydrogen-bond donors (Lipinski definition) is 0. The van der Waals surface area contributed by atoms with Gasteiger partial charge in [-0.25, -0.2) is 4.68 Å². The van der Waals surface area contributed by atoms with E-state index in [4.69, 9.17) is 4.74 Å². The third kappa shape index (κ3) is 4.39. The summed E-state index contributed by atoms with van der Waals surface area (Å²) in [4.78, 5) is 14.0. The molecule has 0 N–H and O–H groups in total. The van der Waals surface area contributed by atoms with E-state index in [-0.39, 0.29) is 5.91 Å². The Labute approximate surface area is 153 Å². The molecular weight excluding hydrogens is 326 g/mol. The van der Waals surface area contributed by atoms with Crippen LogP contribution in [0.2, 0.25) is 0 Å². The molecule has 0 aliphatic rings. The molecule has 2 aromatic carbocycles. The van der Waals surface area contributed by atoms with Crippen molar-refractivity contribution in [2.45, 2.75) is 6.54 Å². The quantitative estimate of drug-likeness (QED) is 0.641. The van der Waals surface area contributed by atoms with Gasteiger partial charge in [-0.15, -0.1) is 0 Å². The molecule has 1 amide bonds. The summed E-state index contributed by atoms with van der Waals surface area (Å²) in [5, 5.41) is 4.36. The van der Waals surface area contributed by atoms with E-state index in [1.54, 1.807) is 42.1 Å². The van der Waals surface area contributed by atoms with Crippen molar-refractivity contribution in [2.24, 2.45) is 0 Å². The van der Waals surface area contributed by atoms with E-state index < -0.39 is 0 Å². The van der Waals surface area contributed by atoms with Crippen LogP contribution in [-0.2, 0) is 11.3 Å². The molecule has 5 heteroatoms. The first-order valence-electron chi connectivity index (χ1n) is 8.32. The molecular formula is C21H21N3O2. The molecule has 26 heavy (non-hydrogen) atoms. The molecule has 0 aliphatic carbocycles. The number of methoxy groups -OCH3 is 1. The second kappa shape index (κ2) is 8.16. The zero-order chi connectivity index (χ0) is 18.4. The smallest absolute Gasteiger partial charge is 0.246 e. The first-order valence-corrected chi connectivity index (χ1v) is 8.32. The van der Waals surface area contributed by atoms with Gasteiger partial charge in [-0.2, -0.15) is 5.10 Å². The van der Waals surface area contributed by atoms with E-state index >= 15 is 0 Å². The Kier molecular flexibility index (Phi) is 5.49. The van der Waals surface area contributed by atoms with Gasteiger partial charge in [0, 0.05) is 31.4 Å². The number of rotatable bonds is 6. The number of nitrogens with zero attached hydrogens (tertiary/aromatic N) is 3. The molecule has 3 aromatic rings.